The van der Waals surface area contributed by atoms with Gasteiger partial charge in [-0.3, -0.25) is 9.48 Å². The number of hydrogen-bond donors (Lipinski definition) is 1. The van der Waals surface area contributed by atoms with Crippen LogP contribution in [0.25, 0.3) is 0 Å². The number of carbonyl (C=O) groups is 1. The smallest absolute Gasteiger partial charge is 0.259 e. The number of aryl methyl sites for hydroxylation is 2. The highest BCUT2D eigenvalue weighted by molar-refractivity contribution is 6.04. The number of hydrogen-bond acceptors (Lipinski definition) is 3. The summed E-state index contributed by atoms with van der Waals surface area (Å²) < 4.78 is 1.74. The molecule has 0 saturated carbocycles. The average molecular weight is 268 g/mol. The van der Waals surface area contributed by atoms with E-state index in [1.54, 1.807) is 23.0 Å². The number of carbonyl (C=O) groups excluding carboxylic acids is 1. The van der Waals surface area contributed by atoms with Gasteiger partial charge in [-0.1, -0.05) is 12.1 Å². The summed E-state index contributed by atoms with van der Waals surface area (Å²) in [6.45, 7) is 4.52. The van der Waals surface area contributed by atoms with Crippen LogP contribution in [0, 0.1) is 18.3 Å². The molecule has 102 valence electrons. The number of nitriles is 1. The molecule has 1 aromatic heterocycles. The molecule has 0 aliphatic carbocycles. The Morgan fingerprint density at radius 1 is 1.40 bits per heavy atom. The van der Waals surface area contributed by atoms with Crippen molar-refractivity contribution in [2.45, 2.75) is 26.8 Å². The largest absolute Gasteiger partial charge is 0.322 e. The van der Waals surface area contributed by atoms with Crippen LogP contribution in [0.5, 0.6) is 0 Å². The first-order chi connectivity index (χ1) is 9.63. The van der Waals surface area contributed by atoms with Crippen molar-refractivity contribution in [1.29, 1.82) is 5.26 Å². The quantitative estimate of drug-likeness (QED) is 0.926. The van der Waals surface area contributed by atoms with Crippen LogP contribution in [0.2, 0.25) is 0 Å². The van der Waals surface area contributed by atoms with E-state index in [9.17, 15) is 4.79 Å². The van der Waals surface area contributed by atoms with Crippen molar-refractivity contribution in [2.24, 2.45) is 0 Å². The maximum atomic E-state index is 12.2. The third-order valence-corrected chi connectivity index (χ3v) is 3.01. The maximum absolute atomic E-state index is 12.2. The molecule has 0 spiro atoms. The normalized spacial score (nSPS) is 10.1. The van der Waals surface area contributed by atoms with Gasteiger partial charge in [0.2, 0.25) is 0 Å². The molecule has 20 heavy (non-hydrogen) atoms. The molecule has 0 aliphatic rings. The third kappa shape index (κ3) is 3.04. The van der Waals surface area contributed by atoms with E-state index in [4.69, 9.17) is 5.26 Å². The fourth-order valence-electron chi connectivity index (χ4n) is 1.90. The zero-order chi connectivity index (χ0) is 14.5. The van der Waals surface area contributed by atoms with Crippen LogP contribution in [0.3, 0.4) is 0 Å². The minimum Gasteiger partial charge on any atom is -0.322 e. The van der Waals surface area contributed by atoms with Crippen LogP contribution in [0.15, 0.2) is 30.5 Å². The summed E-state index contributed by atoms with van der Waals surface area (Å²) in [7, 11) is 0. The first-order valence-corrected chi connectivity index (χ1v) is 6.45. The number of nitrogens with zero attached hydrogens (tertiary/aromatic N) is 3. The Labute approximate surface area is 117 Å². The Morgan fingerprint density at radius 2 is 2.10 bits per heavy atom. The molecule has 0 aliphatic heterocycles. The second-order valence-corrected chi connectivity index (χ2v) is 4.47. The second kappa shape index (κ2) is 6.02. The molecule has 0 atom stereocenters. The molecule has 5 nitrogen and oxygen atoms in total. The molecule has 0 fully saturated rings. The zero-order valence-electron chi connectivity index (χ0n) is 11.6. The van der Waals surface area contributed by atoms with E-state index in [-0.39, 0.29) is 5.91 Å². The fraction of sp³-hybridized carbons (Fsp3) is 0.267. The summed E-state index contributed by atoms with van der Waals surface area (Å²) in [4.78, 5) is 12.2. The van der Waals surface area contributed by atoms with E-state index in [0.29, 0.717) is 23.4 Å². The van der Waals surface area contributed by atoms with E-state index in [1.807, 2.05) is 26.0 Å². The molecule has 0 bridgehead atoms. The first kappa shape index (κ1) is 13.8. The monoisotopic (exact) mass is 268 g/mol. The Kier molecular flexibility index (Phi) is 4.16. The average Bonchev–Trinajstić information content (AvgIpc) is 2.83. The lowest BCUT2D eigenvalue weighted by molar-refractivity contribution is 0.102. The molecular formula is C15H16N4O. The van der Waals surface area contributed by atoms with Gasteiger partial charge < -0.3 is 5.32 Å². The van der Waals surface area contributed by atoms with Crippen molar-refractivity contribution in [3.8, 4) is 6.07 Å². The second-order valence-electron chi connectivity index (χ2n) is 4.47. The molecule has 5 heteroatoms. The Balaban J connectivity index is 2.11. The van der Waals surface area contributed by atoms with Gasteiger partial charge in [0.15, 0.2) is 0 Å². The predicted molar refractivity (Wildman–Crippen MR) is 76.4 cm³/mol. The van der Waals surface area contributed by atoms with Crippen molar-refractivity contribution in [3.63, 3.8) is 0 Å². The van der Waals surface area contributed by atoms with Gasteiger partial charge in [0, 0.05) is 18.4 Å². The summed E-state index contributed by atoms with van der Waals surface area (Å²) >= 11 is 0. The van der Waals surface area contributed by atoms with Crippen LogP contribution in [0.4, 0.5) is 5.69 Å². The Hall–Kier alpha value is -2.61. The Bertz CT molecular complexity index is 650. The summed E-state index contributed by atoms with van der Waals surface area (Å²) in [5.74, 6) is -0.171. The van der Waals surface area contributed by atoms with Crippen molar-refractivity contribution in [1.82, 2.24) is 9.78 Å². The van der Waals surface area contributed by atoms with E-state index < -0.39 is 0 Å². The number of rotatable bonds is 4. The molecule has 0 unspecified atom stereocenters. The van der Waals surface area contributed by atoms with Crippen molar-refractivity contribution in [2.75, 3.05) is 5.32 Å². The highest BCUT2D eigenvalue weighted by atomic mass is 16.1. The number of aromatic nitrogens is 2. The van der Waals surface area contributed by atoms with Gasteiger partial charge in [0.1, 0.15) is 0 Å². The molecule has 1 aromatic carbocycles. The molecule has 1 N–H and O–H groups in total. The molecule has 0 radical (unpaired) electrons. The lowest BCUT2D eigenvalue weighted by Crippen LogP contribution is -2.12. The van der Waals surface area contributed by atoms with Gasteiger partial charge in [0.05, 0.1) is 23.7 Å². The SMILES string of the molecule is CCn1cc(C(=O)Nc2ccc(CC#N)cc2)c(C)n1. The van der Waals surface area contributed by atoms with Crippen LogP contribution < -0.4 is 5.32 Å². The molecule has 2 rings (SSSR count). The number of amides is 1. The van der Waals surface area contributed by atoms with Gasteiger partial charge in [-0.2, -0.15) is 10.4 Å². The lowest BCUT2D eigenvalue weighted by atomic mass is 10.1. The molecular weight excluding hydrogens is 252 g/mol. The topological polar surface area (TPSA) is 70.7 Å². The van der Waals surface area contributed by atoms with E-state index >= 15 is 0 Å². The first-order valence-electron chi connectivity index (χ1n) is 6.45. The van der Waals surface area contributed by atoms with Gasteiger partial charge >= 0.3 is 0 Å². The van der Waals surface area contributed by atoms with Crippen LogP contribution >= 0.6 is 0 Å². The van der Waals surface area contributed by atoms with Gasteiger partial charge in [-0.25, -0.2) is 0 Å². The minimum absolute atomic E-state index is 0.171. The molecule has 2 aromatic rings. The fourth-order valence-corrected chi connectivity index (χ4v) is 1.90. The molecule has 1 amide bonds. The van der Waals surface area contributed by atoms with Gasteiger partial charge in [-0.15, -0.1) is 0 Å². The van der Waals surface area contributed by atoms with Crippen molar-refractivity contribution in [3.05, 3.63) is 47.3 Å². The predicted octanol–water partition coefficient (Wildman–Crippen LogP) is 2.53. The lowest BCUT2D eigenvalue weighted by Gasteiger charge is -2.04. The van der Waals surface area contributed by atoms with Gasteiger partial charge in [0.25, 0.3) is 5.91 Å². The zero-order valence-corrected chi connectivity index (χ0v) is 11.6. The Morgan fingerprint density at radius 3 is 2.65 bits per heavy atom. The summed E-state index contributed by atoms with van der Waals surface area (Å²) in [5, 5.41) is 15.7. The highest BCUT2D eigenvalue weighted by Gasteiger charge is 2.13. The molecule has 0 saturated heterocycles. The van der Waals surface area contributed by atoms with Crippen LogP contribution in [0.1, 0.15) is 28.5 Å². The van der Waals surface area contributed by atoms with Crippen molar-refractivity contribution < 1.29 is 4.79 Å². The summed E-state index contributed by atoms with van der Waals surface area (Å²) in [5.41, 5.74) is 2.93. The van der Waals surface area contributed by atoms with Crippen molar-refractivity contribution >= 4 is 11.6 Å². The van der Waals surface area contributed by atoms with E-state index in [0.717, 1.165) is 12.1 Å². The summed E-state index contributed by atoms with van der Waals surface area (Å²) in [6, 6.07) is 9.35. The van der Waals surface area contributed by atoms with Crippen LogP contribution in [-0.2, 0) is 13.0 Å². The number of benzene rings is 1. The number of nitrogens with one attached hydrogen (secondary N) is 1. The van der Waals surface area contributed by atoms with Gasteiger partial charge in [-0.05, 0) is 31.5 Å². The third-order valence-electron chi connectivity index (χ3n) is 3.01. The van der Waals surface area contributed by atoms with Crippen LogP contribution in [-0.4, -0.2) is 15.7 Å². The molecule has 1 heterocycles. The van der Waals surface area contributed by atoms with E-state index in [1.165, 1.54) is 0 Å². The number of anilines is 1. The highest BCUT2D eigenvalue weighted by Crippen LogP contribution is 2.13. The standard InChI is InChI=1S/C15H16N4O/c1-3-19-10-14(11(2)18-19)15(20)17-13-6-4-12(5-7-13)8-9-16/h4-7,10H,3,8H2,1-2H3,(H,17,20). The summed E-state index contributed by atoms with van der Waals surface area (Å²) in [6.07, 6.45) is 2.12. The minimum atomic E-state index is -0.171. The van der Waals surface area contributed by atoms with E-state index in [2.05, 4.69) is 16.5 Å². The maximum Gasteiger partial charge on any atom is 0.259 e.